The van der Waals surface area contributed by atoms with Gasteiger partial charge in [0.05, 0.1) is 23.2 Å². The molecular formula is C23H23ClF2N2O4. The molecule has 2 aliphatic rings. The number of likely N-dealkylation sites (tertiary alicyclic amines) is 2. The van der Waals surface area contributed by atoms with Crippen molar-refractivity contribution in [3.05, 3.63) is 57.6 Å². The molecule has 2 saturated heterocycles. The minimum absolute atomic E-state index is 0.00439. The summed E-state index contributed by atoms with van der Waals surface area (Å²) in [6, 6.07) is 7.04. The number of amides is 2. The quantitative estimate of drug-likeness (QED) is 0.700. The fraction of sp³-hybridized carbons (Fsp3) is 0.391. The van der Waals surface area contributed by atoms with E-state index in [4.69, 9.17) is 11.6 Å². The van der Waals surface area contributed by atoms with Crippen LogP contribution in [0.5, 0.6) is 11.5 Å². The van der Waals surface area contributed by atoms with Crippen LogP contribution in [0, 0.1) is 6.92 Å². The Morgan fingerprint density at radius 1 is 1.09 bits per heavy atom. The second-order valence-corrected chi connectivity index (χ2v) is 8.74. The van der Waals surface area contributed by atoms with Crippen LogP contribution in [-0.4, -0.2) is 57.4 Å². The number of alkyl halides is 2. The number of carbonyl (C=O) groups is 2. The summed E-state index contributed by atoms with van der Waals surface area (Å²) < 4.78 is 27.2. The van der Waals surface area contributed by atoms with Gasteiger partial charge in [0.15, 0.2) is 0 Å². The molecule has 6 nitrogen and oxygen atoms in total. The first kappa shape index (κ1) is 22.3. The zero-order chi connectivity index (χ0) is 23.2. The Hall–Kier alpha value is -2.87. The molecule has 2 fully saturated rings. The first-order chi connectivity index (χ1) is 15.1. The van der Waals surface area contributed by atoms with Crippen LogP contribution in [0.2, 0.25) is 5.02 Å². The molecule has 0 spiro atoms. The first-order valence-electron chi connectivity index (χ1n) is 10.4. The van der Waals surface area contributed by atoms with Crippen molar-refractivity contribution in [2.24, 2.45) is 0 Å². The predicted octanol–water partition coefficient (Wildman–Crippen LogP) is 4.52. The third kappa shape index (κ3) is 3.99. The molecule has 0 radical (unpaired) electrons. The van der Waals surface area contributed by atoms with E-state index in [-0.39, 0.29) is 41.1 Å². The summed E-state index contributed by atoms with van der Waals surface area (Å²) in [6.45, 7) is 1.61. The van der Waals surface area contributed by atoms with E-state index in [1.54, 1.807) is 24.0 Å². The van der Waals surface area contributed by atoms with Crippen LogP contribution in [0.1, 0.15) is 57.1 Å². The molecular weight excluding hydrogens is 442 g/mol. The van der Waals surface area contributed by atoms with E-state index in [0.717, 1.165) is 18.1 Å². The number of hydrogen-bond donors (Lipinski definition) is 2. The van der Waals surface area contributed by atoms with Gasteiger partial charge in [-0.1, -0.05) is 23.7 Å². The van der Waals surface area contributed by atoms with Gasteiger partial charge in [0.2, 0.25) is 0 Å². The Balaban J connectivity index is 1.64. The Bertz CT molecular complexity index is 1090. The fourth-order valence-corrected chi connectivity index (χ4v) is 4.70. The number of halogens is 3. The van der Waals surface area contributed by atoms with Crippen LogP contribution in [0.15, 0.2) is 30.3 Å². The summed E-state index contributed by atoms with van der Waals surface area (Å²) >= 11 is 5.93. The van der Waals surface area contributed by atoms with Gasteiger partial charge in [0.1, 0.15) is 11.5 Å². The minimum atomic E-state index is -2.87. The molecule has 9 heteroatoms. The Morgan fingerprint density at radius 2 is 1.84 bits per heavy atom. The molecule has 1 atom stereocenters. The van der Waals surface area contributed by atoms with Gasteiger partial charge in [-0.3, -0.25) is 9.59 Å². The number of rotatable bonds is 3. The molecule has 0 bridgehead atoms. The molecule has 32 heavy (non-hydrogen) atoms. The molecule has 2 aliphatic heterocycles. The monoisotopic (exact) mass is 464 g/mol. The maximum Gasteiger partial charge on any atom is 0.267 e. The molecule has 2 aromatic rings. The molecule has 1 unspecified atom stereocenters. The second kappa shape index (κ2) is 8.24. The lowest BCUT2D eigenvalue weighted by Gasteiger charge is -2.28. The third-order valence-corrected chi connectivity index (χ3v) is 6.53. The lowest BCUT2D eigenvalue weighted by molar-refractivity contribution is 0.0120. The highest BCUT2D eigenvalue weighted by atomic mass is 35.5. The number of phenolic OH excluding ortho intramolecular Hbond substituents is 2. The normalized spacial score (nSPS) is 20.1. The first-order valence-corrected chi connectivity index (χ1v) is 10.8. The van der Waals surface area contributed by atoms with Crippen molar-refractivity contribution in [2.75, 3.05) is 19.6 Å². The molecule has 0 saturated carbocycles. The standard InChI is InChI=1S/C23H23ClF2N2O4/c1-13-14(4-2-5-15(13)21(31)27-9-7-23(25,26)12-27)18-6-3-8-28(18)22(32)16-10-17(24)20(30)11-19(16)29/h2,4-5,10-11,18,29-30H,3,6-9,12H2,1H3. The Kier molecular flexibility index (Phi) is 5.75. The van der Waals surface area contributed by atoms with Crippen LogP contribution in [0.3, 0.4) is 0 Å². The third-order valence-electron chi connectivity index (χ3n) is 6.23. The average molecular weight is 465 g/mol. The van der Waals surface area contributed by atoms with Crippen LogP contribution < -0.4 is 0 Å². The van der Waals surface area contributed by atoms with Crippen molar-refractivity contribution in [3.63, 3.8) is 0 Å². The minimum Gasteiger partial charge on any atom is -0.507 e. The van der Waals surface area contributed by atoms with Crippen LogP contribution in [0.4, 0.5) is 8.78 Å². The molecule has 0 aromatic heterocycles. The summed E-state index contributed by atoms with van der Waals surface area (Å²) in [5.74, 6) is -4.46. The second-order valence-electron chi connectivity index (χ2n) is 8.33. The van der Waals surface area contributed by atoms with Crippen molar-refractivity contribution >= 4 is 23.4 Å². The Labute approximate surface area is 189 Å². The smallest absolute Gasteiger partial charge is 0.267 e. The van der Waals surface area contributed by atoms with E-state index >= 15 is 0 Å². The van der Waals surface area contributed by atoms with E-state index < -0.39 is 24.3 Å². The summed E-state index contributed by atoms with van der Waals surface area (Å²) in [4.78, 5) is 28.9. The number of aromatic hydroxyl groups is 2. The van der Waals surface area contributed by atoms with Crippen molar-refractivity contribution in [2.45, 2.75) is 38.2 Å². The van der Waals surface area contributed by atoms with E-state index in [1.165, 1.54) is 11.0 Å². The topological polar surface area (TPSA) is 81.1 Å². The van der Waals surface area contributed by atoms with Gasteiger partial charge in [-0.05, 0) is 43.0 Å². The maximum absolute atomic E-state index is 13.6. The number of nitrogens with zero attached hydrogens (tertiary/aromatic N) is 2. The van der Waals surface area contributed by atoms with Crippen LogP contribution in [-0.2, 0) is 0 Å². The summed E-state index contributed by atoms with van der Waals surface area (Å²) in [7, 11) is 0. The fourth-order valence-electron chi connectivity index (χ4n) is 4.54. The van der Waals surface area contributed by atoms with Crippen molar-refractivity contribution < 1.29 is 28.6 Å². The van der Waals surface area contributed by atoms with Gasteiger partial charge in [-0.2, -0.15) is 0 Å². The maximum atomic E-state index is 13.6. The van der Waals surface area contributed by atoms with Gasteiger partial charge in [-0.15, -0.1) is 0 Å². The van der Waals surface area contributed by atoms with Crippen molar-refractivity contribution in [1.29, 1.82) is 0 Å². The molecule has 2 N–H and O–H groups in total. The molecule has 4 rings (SSSR count). The van der Waals surface area contributed by atoms with Gasteiger partial charge in [-0.25, -0.2) is 8.78 Å². The molecule has 2 amide bonds. The van der Waals surface area contributed by atoms with Crippen molar-refractivity contribution in [3.8, 4) is 11.5 Å². The lowest BCUT2D eigenvalue weighted by atomic mass is 9.94. The zero-order valence-corrected chi connectivity index (χ0v) is 18.2. The largest absolute Gasteiger partial charge is 0.507 e. The SMILES string of the molecule is Cc1c(C(=O)N2CCC(F)(F)C2)cccc1C1CCCN1C(=O)c1cc(Cl)c(O)cc1O. The lowest BCUT2D eigenvalue weighted by Crippen LogP contribution is -2.33. The van der Waals surface area contributed by atoms with E-state index in [2.05, 4.69) is 0 Å². The molecule has 170 valence electrons. The van der Waals surface area contributed by atoms with Gasteiger partial charge in [0, 0.05) is 31.1 Å². The molecule has 2 aromatic carbocycles. The van der Waals surface area contributed by atoms with Gasteiger partial charge in [0.25, 0.3) is 17.7 Å². The number of hydrogen-bond acceptors (Lipinski definition) is 4. The number of phenols is 2. The van der Waals surface area contributed by atoms with Gasteiger partial charge >= 0.3 is 0 Å². The zero-order valence-electron chi connectivity index (χ0n) is 17.4. The Morgan fingerprint density at radius 3 is 2.53 bits per heavy atom. The highest BCUT2D eigenvalue weighted by Crippen LogP contribution is 2.39. The average Bonchev–Trinajstić information content (AvgIpc) is 3.36. The predicted molar refractivity (Wildman–Crippen MR) is 114 cm³/mol. The van der Waals surface area contributed by atoms with Crippen LogP contribution in [0.25, 0.3) is 0 Å². The van der Waals surface area contributed by atoms with E-state index in [0.29, 0.717) is 24.1 Å². The summed E-state index contributed by atoms with van der Waals surface area (Å²) in [5, 5.41) is 19.8. The summed E-state index contributed by atoms with van der Waals surface area (Å²) in [5.41, 5.74) is 1.72. The van der Waals surface area contributed by atoms with E-state index in [9.17, 15) is 28.6 Å². The number of carbonyl (C=O) groups excluding carboxylic acids is 2. The van der Waals surface area contributed by atoms with Crippen LogP contribution >= 0.6 is 11.6 Å². The highest BCUT2D eigenvalue weighted by Gasteiger charge is 2.41. The van der Waals surface area contributed by atoms with Crippen molar-refractivity contribution in [1.82, 2.24) is 9.80 Å². The molecule has 2 heterocycles. The van der Waals surface area contributed by atoms with E-state index in [1.807, 2.05) is 6.07 Å². The molecule has 0 aliphatic carbocycles. The number of benzene rings is 2. The highest BCUT2D eigenvalue weighted by molar-refractivity contribution is 6.32. The summed E-state index contributed by atoms with van der Waals surface area (Å²) in [6.07, 6.45) is 1.03. The van der Waals surface area contributed by atoms with Gasteiger partial charge < -0.3 is 20.0 Å².